The second-order valence-electron chi connectivity index (χ2n) is 11.3. The normalized spacial score (nSPS) is 17.1. The molecule has 10 nitrogen and oxygen atoms in total. The summed E-state index contributed by atoms with van der Waals surface area (Å²) >= 11 is 0. The van der Waals surface area contributed by atoms with Gasteiger partial charge in [0, 0.05) is 19.7 Å². The largest absolute Gasteiger partial charge is 0.493 e. The van der Waals surface area contributed by atoms with E-state index in [1.165, 1.54) is 19.3 Å². The van der Waals surface area contributed by atoms with Crippen molar-refractivity contribution in [2.24, 2.45) is 5.92 Å². The second kappa shape index (κ2) is 15.9. The lowest BCUT2D eigenvalue weighted by Crippen LogP contribution is -2.39. The molecule has 2 aliphatic heterocycles. The molecule has 242 valence electrons. The predicted octanol–water partition coefficient (Wildman–Crippen LogP) is 6.63. The number of nitrogens with one attached hydrogen (secondary N) is 3. The summed E-state index contributed by atoms with van der Waals surface area (Å²) in [6, 6.07) is 4.09. The Morgan fingerprint density at radius 2 is 1.51 bits per heavy atom. The van der Waals surface area contributed by atoms with Crippen molar-refractivity contribution in [2.45, 2.75) is 72.6 Å². The molecule has 0 amide bonds. The molecule has 0 radical (unpaired) electrons. The zero-order valence-electron chi connectivity index (χ0n) is 28.3. The standard InChI is InChI=1S/C17H29N3O3.C16H26N2O2/c1-6-8-9-20(7-2)11-14-18-12-10-13(21-3)16(22-4)17(23-5)15(12)19-14;1-7-10(2)8-13-17-12-9-11(3)15(19-5)16(20-6)14(12)18(13)4/h10,14,18-19H,6-9,11H2,1-5H3;9-10,13,17H,7-8H2,1-6H3. The zero-order valence-corrected chi connectivity index (χ0v) is 28.3. The maximum absolute atomic E-state index is 5.60. The lowest BCUT2D eigenvalue weighted by molar-refractivity contribution is 0.278. The van der Waals surface area contributed by atoms with Crippen LogP contribution >= 0.6 is 0 Å². The highest BCUT2D eigenvalue weighted by Gasteiger charge is 2.32. The highest BCUT2D eigenvalue weighted by molar-refractivity contribution is 5.86. The Morgan fingerprint density at radius 1 is 0.837 bits per heavy atom. The van der Waals surface area contributed by atoms with Crippen molar-refractivity contribution in [3.8, 4) is 28.7 Å². The van der Waals surface area contributed by atoms with E-state index in [1.807, 2.05) is 13.0 Å². The molecule has 4 rings (SSSR count). The molecule has 2 aromatic carbocycles. The van der Waals surface area contributed by atoms with E-state index < -0.39 is 0 Å². The fourth-order valence-electron chi connectivity index (χ4n) is 5.78. The van der Waals surface area contributed by atoms with E-state index in [1.54, 1.807) is 35.5 Å². The summed E-state index contributed by atoms with van der Waals surface area (Å²) in [7, 11) is 10.4. The van der Waals surface area contributed by atoms with Crippen molar-refractivity contribution in [3.63, 3.8) is 0 Å². The van der Waals surface area contributed by atoms with Gasteiger partial charge in [0.25, 0.3) is 0 Å². The highest BCUT2D eigenvalue weighted by Crippen LogP contribution is 2.50. The van der Waals surface area contributed by atoms with Gasteiger partial charge in [-0.2, -0.15) is 0 Å². The van der Waals surface area contributed by atoms with Gasteiger partial charge in [0.15, 0.2) is 23.0 Å². The van der Waals surface area contributed by atoms with E-state index in [2.05, 4.69) is 66.6 Å². The lowest BCUT2D eigenvalue weighted by Gasteiger charge is -2.25. The molecule has 10 heteroatoms. The van der Waals surface area contributed by atoms with Gasteiger partial charge in [-0.05, 0) is 50.4 Å². The number of methoxy groups -OCH3 is 5. The van der Waals surface area contributed by atoms with Gasteiger partial charge in [0.1, 0.15) is 17.5 Å². The Bertz CT molecular complexity index is 1190. The van der Waals surface area contributed by atoms with Crippen LogP contribution in [0.1, 0.15) is 58.9 Å². The molecule has 2 heterocycles. The fraction of sp³-hybridized carbons (Fsp3) is 0.636. The summed E-state index contributed by atoms with van der Waals surface area (Å²) in [4.78, 5) is 4.71. The van der Waals surface area contributed by atoms with Crippen LogP contribution in [-0.4, -0.2) is 79.5 Å². The third-order valence-electron chi connectivity index (χ3n) is 8.46. The molecular formula is C33H55N5O5. The first-order valence-corrected chi connectivity index (χ1v) is 15.5. The summed E-state index contributed by atoms with van der Waals surface area (Å²) in [6.45, 7) is 14.1. The molecule has 0 saturated heterocycles. The van der Waals surface area contributed by atoms with Crippen LogP contribution in [0.2, 0.25) is 0 Å². The van der Waals surface area contributed by atoms with Crippen molar-refractivity contribution in [1.29, 1.82) is 0 Å². The van der Waals surface area contributed by atoms with Crippen molar-refractivity contribution >= 4 is 22.7 Å². The summed E-state index contributed by atoms with van der Waals surface area (Å²) in [5.41, 5.74) is 5.24. The number of unbranched alkanes of at least 4 members (excludes halogenated alkanes) is 1. The predicted molar refractivity (Wildman–Crippen MR) is 178 cm³/mol. The first kappa shape index (κ1) is 34.1. The van der Waals surface area contributed by atoms with Crippen LogP contribution in [0.3, 0.4) is 0 Å². The minimum atomic E-state index is 0.146. The monoisotopic (exact) mass is 601 g/mol. The Hall–Kier alpha value is -3.40. The molecule has 3 unspecified atom stereocenters. The smallest absolute Gasteiger partial charge is 0.205 e. The molecule has 3 atom stereocenters. The van der Waals surface area contributed by atoms with E-state index in [9.17, 15) is 0 Å². The fourth-order valence-corrected chi connectivity index (χ4v) is 5.78. The zero-order chi connectivity index (χ0) is 31.7. The molecule has 0 spiro atoms. The van der Waals surface area contributed by atoms with Gasteiger partial charge in [0.2, 0.25) is 5.75 Å². The molecule has 0 saturated carbocycles. The molecule has 0 bridgehead atoms. The molecule has 0 aliphatic carbocycles. The number of rotatable bonds is 14. The van der Waals surface area contributed by atoms with Crippen LogP contribution in [0.15, 0.2) is 12.1 Å². The van der Waals surface area contributed by atoms with Crippen LogP contribution in [0.25, 0.3) is 0 Å². The van der Waals surface area contributed by atoms with Crippen LogP contribution in [-0.2, 0) is 0 Å². The number of ether oxygens (including phenoxy) is 5. The Kier molecular flexibility index (Phi) is 12.6. The molecule has 43 heavy (non-hydrogen) atoms. The van der Waals surface area contributed by atoms with Crippen molar-refractivity contribution in [3.05, 3.63) is 17.7 Å². The van der Waals surface area contributed by atoms with E-state index >= 15 is 0 Å². The molecule has 2 aliphatic rings. The maximum Gasteiger partial charge on any atom is 0.205 e. The van der Waals surface area contributed by atoms with Crippen molar-refractivity contribution in [2.75, 3.05) is 83.1 Å². The first-order chi connectivity index (χ1) is 20.7. The van der Waals surface area contributed by atoms with Gasteiger partial charge < -0.3 is 44.5 Å². The van der Waals surface area contributed by atoms with Crippen LogP contribution in [0, 0.1) is 12.8 Å². The number of nitrogens with zero attached hydrogens (tertiary/aromatic N) is 2. The van der Waals surface area contributed by atoms with E-state index in [0.717, 1.165) is 65.9 Å². The number of fused-ring (bicyclic) bond motifs is 2. The van der Waals surface area contributed by atoms with Gasteiger partial charge in [-0.15, -0.1) is 0 Å². The molecule has 0 fully saturated rings. The SMILES string of the molecule is CCC(C)CC1Nc2cc(C)c(OC)c(OC)c2N1C.CCCCN(CC)CC1Nc2cc(OC)c(OC)c(OC)c2N1. The maximum atomic E-state index is 5.60. The average molecular weight is 602 g/mol. The molecule has 3 N–H and O–H groups in total. The molecular weight excluding hydrogens is 546 g/mol. The Morgan fingerprint density at radius 3 is 2.07 bits per heavy atom. The van der Waals surface area contributed by atoms with Gasteiger partial charge in [0.05, 0.1) is 53.1 Å². The number of likely N-dealkylation sites (N-methyl/N-ethyl adjacent to an activating group) is 1. The summed E-state index contributed by atoms with van der Waals surface area (Å²) in [5.74, 6) is 4.29. The van der Waals surface area contributed by atoms with Crippen LogP contribution in [0.5, 0.6) is 28.7 Å². The number of anilines is 4. The first-order valence-electron chi connectivity index (χ1n) is 15.5. The summed E-state index contributed by atoms with van der Waals surface area (Å²) in [5, 5.41) is 10.6. The molecule has 0 aromatic heterocycles. The number of hydrogen-bond acceptors (Lipinski definition) is 10. The molecule has 2 aromatic rings. The van der Waals surface area contributed by atoms with Crippen molar-refractivity contribution < 1.29 is 23.7 Å². The van der Waals surface area contributed by atoms with Crippen molar-refractivity contribution in [1.82, 2.24) is 4.90 Å². The second-order valence-corrected chi connectivity index (χ2v) is 11.3. The number of hydrogen-bond donors (Lipinski definition) is 3. The Labute approximate surface area is 259 Å². The van der Waals surface area contributed by atoms with Gasteiger partial charge in [-0.25, -0.2) is 0 Å². The summed E-state index contributed by atoms with van der Waals surface area (Å²) < 4.78 is 27.5. The van der Waals surface area contributed by atoms with Gasteiger partial charge in [-0.1, -0.05) is 40.5 Å². The quantitative estimate of drug-likeness (QED) is 0.219. The van der Waals surface area contributed by atoms with Gasteiger partial charge in [-0.3, -0.25) is 4.90 Å². The average Bonchev–Trinajstić information content (AvgIpc) is 3.56. The van der Waals surface area contributed by atoms with E-state index in [-0.39, 0.29) is 6.17 Å². The van der Waals surface area contributed by atoms with Crippen LogP contribution < -0.4 is 44.5 Å². The third-order valence-corrected chi connectivity index (χ3v) is 8.46. The Balaban J connectivity index is 0.000000238. The lowest BCUT2D eigenvalue weighted by atomic mass is 10.0. The van der Waals surface area contributed by atoms with Crippen LogP contribution in [0.4, 0.5) is 22.7 Å². The summed E-state index contributed by atoms with van der Waals surface area (Å²) in [6.07, 6.45) is 5.21. The minimum absolute atomic E-state index is 0.146. The third kappa shape index (κ3) is 7.58. The van der Waals surface area contributed by atoms with Gasteiger partial charge >= 0.3 is 0 Å². The van der Waals surface area contributed by atoms with E-state index in [0.29, 0.717) is 29.3 Å². The van der Waals surface area contributed by atoms with E-state index in [4.69, 9.17) is 23.7 Å². The minimum Gasteiger partial charge on any atom is -0.493 e. The highest BCUT2D eigenvalue weighted by atomic mass is 16.5. The number of benzene rings is 2. The topological polar surface area (TPSA) is 88.7 Å². The number of aryl methyl sites for hydroxylation is 1.